The normalized spacial score (nSPS) is 11.6. The molecule has 0 saturated carbocycles. The van der Waals surface area contributed by atoms with Crippen molar-refractivity contribution in [1.29, 1.82) is 0 Å². The van der Waals surface area contributed by atoms with Crippen LogP contribution in [0.15, 0.2) is 107 Å². The average Bonchev–Trinajstić information content (AvgIpc) is 2.91. The van der Waals surface area contributed by atoms with Crippen molar-refractivity contribution < 1.29 is 17.9 Å². The highest BCUT2D eigenvalue weighted by atomic mass is 35.5. The molecule has 0 saturated heterocycles. The molecule has 39 heavy (non-hydrogen) atoms. The number of ether oxygens (including phenoxy) is 1. The monoisotopic (exact) mass is 601 g/mol. The van der Waals surface area contributed by atoms with Gasteiger partial charge in [-0.2, -0.15) is 9.41 Å². The molecule has 0 radical (unpaired) electrons. The number of rotatable bonds is 10. The fraction of sp³-hybridized carbons (Fsp3) is 0.0714. The third kappa shape index (κ3) is 7.81. The van der Waals surface area contributed by atoms with Gasteiger partial charge in [-0.1, -0.05) is 71.2 Å². The maximum Gasteiger partial charge on any atom is 0.255 e. The molecule has 4 aromatic rings. The van der Waals surface area contributed by atoms with Crippen LogP contribution in [0.2, 0.25) is 15.1 Å². The topological polar surface area (TPSA) is 88.1 Å². The van der Waals surface area contributed by atoms with E-state index in [1.54, 1.807) is 42.5 Å². The predicted molar refractivity (Wildman–Crippen MR) is 154 cm³/mol. The fourth-order valence-corrected chi connectivity index (χ4v) is 5.51. The number of para-hydroxylation sites is 1. The first-order valence-electron chi connectivity index (χ1n) is 11.6. The van der Waals surface area contributed by atoms with Crippen molar-refractivity contribution in [3.63, 3.8) is 0 Å². The number of halogens is 3. The van der Waals surface area contributed by atoms with Gasteiger partial charge in [0.05, 0.1) is 17.7 Å². The molecule has 11 heteroatoms. The molecule has 0 fully saturated rings. The van der Waals surface area contributed by atoms with Gasteiger partial charge in [0, 0.05) is 27.2 Å². The summed E-state index contributed by atoms with van der Waals surface area (Å²) in [6.07, 6.45) is 1.43. The van der Waals surface area contributed by atoms with Gasteiger partial charge in [0.25, 0.3) is 5.91 Å². The van der Waals surface area contributed by atoms with E-state index >= 15 is 0 Å². The van der Waals surface area contributed by atoms with Crippen molar-refractivity contribution in [2.45, 2.75) is 11.4 Å². The summed E-state index contributed by atoms with van der Waals surface area (Å²) in [5.41, 5.74) is 3.40. The third-order valence-electron chi connectivity index (χ3n) is 5.41. The molecule has 0 bridgehead atoms. The highest BCUT2D eigenvalue weighted by Crippen LogP contribution is 2.28. The Balaban J connectivity index is 1.49. The van der Waals surface area contributed by atoms with Gasteiger partial charge in [0.2, 0.25) is 10.0 Å². The van der Waals surface area contributed by atoms with E-state index in [1.807, 2.05) is 30.3 Å². The molecule has 4 rings (SSSR count). The molecule has 0 aliphatic rings. The van der Waals surface area contributed by atoms with Gasteiger partial charge in [-0.3, -0.25) is 4.79 Å². The van der Waals surface area contributed by atoms with Crippen molar-refractivity contribution in [2.24, 2.45) is 5.10 Å². The number of amides is 1. The summed E-state index contributed by atoms with van der Waals surface area (Å²) >= 11 is 18.5. The lowest BCUT2D eigenvalue weighted by molar-refractivity contribution is -0.121. The molecule has 0 aliphatic carbocycles. The van der Waals surface area contributed by atoms with Crippen molar-refractivity contribution >= 4 is 56.9 Å². The first kappa shape index (κ1) is 28.6. The number of sulfonamides is 1. The highest BCUT2D eigenvalue weighted by Gasteiger charge is 2.28. The predicted octanol–water partition coefficient (Wildman–Crippen LogP) is 6.78. The molecule has 4 aromatic carbocycles. The molecule has 0 atom stereocenters. The SMILES string of the molecule is O=C(CN(Cc1c(Cl)cccc1Cl)S(=O)(=O)c1ccc(Cl)cc1)N/N=C\c1cccc(Oc2ccccc2)c1. The van der Waals surface area contributed by atoms with Gasteiger partial charge in [-0.05, 0) is 66.2 Å². The zero-order valence-corrected chi connectivity index (χ0v) is 23.4. The molecular weight excluding hydrogens is 581 g/mol. The van der Waals surface area contributed by atoms with Crippen LogP contribution in [-0.2, 0) is 21.4 Å². The van der Waals surface area contributed by atoms with Crippen LogP contribution in [0.25, 0.3) is 0 Å². The van der Waals surface area contributed by atoms with Crippen molar-refractivity contribution in [3.05, 3.63) is 123 Å². The number of carbonyl (C=O) groups is 1. The summed E-state index contributed by atoms with van der Waals surface area (Å²) in [5, 5.41) is 4.90. The molecule has 1 amide bonds. The minimum absolute atomic E-state index is 0.0402. The Morgan fingerprint density at radius 1 is 0.846 bits per heavy atom. The number of hydrogen-bond donors (Lipinski definition) is 1. The fourth-order valence-electron chi connectivity index (χ4n) is 3.50. The summed E-state index contributed by atoms with van der Waals surface area (Å²) in [7, 11) is -4.13. The van der Waals surface area contributed by atoms with Crippen LogP contribution in [0.5, 0.6) is 11.5 Å². The smallest absolute Gasteiger partial charge is 0.255 e. The zero-order valence-electron chi connectivity index (χ0n) is 20.3. The quantitative estimate of drug-likeness (QED) is 0.160. The van der Waals surface area contributed by atoms with Crippen LogP contribution >= 0.6 is 34.8 Å². The van der Waals surface area contributed by atoms with Crippen LogP contribution in [0.1, 0.15) is 11.1 Å². The van der Waals surface area contributed by atoms with Crippen LogP contribution in [0, 0.1) is 0 Å². The Bertz CT molecular complexity index is 1560. The second-order valence-electron chi connectivity index (χ2n) is 8.21. The number of nitrogens with zero attached hydrogens (tertiary/aromatic N) is 2. The summed E-state index contributed by atoms with van der Waals surface area (Å²) in [5.74, 6) is 0.609. The van der Waals surface area contributed by atoms with Crippen LogP contribution in [0.3, 0.4) is 0 Å². The van der Waals surface area contributed by atoms with E-state index < -0.39 is 22.5 Å². The average molecular weight is 603 g/mol. The molecule has 0 heterocycles. The molecule has 0 aliphatic heterocycles. The summed E-state index contributed by atoms with van der Waals surface area (Å²) < 4.78 is 33.7. The van der Waals surface area contributed by atoms with Crippen LogP contribution in [0.4, 0.5) is 0 Å². The molecule has 0 unspecified atom stereocenters. The van der Waals surface area contributed by atoms with Gasteiger partial charge in [-0.15, -0.1) is 0 Å². The largest absolute Gasteiger partial charge is 0.457 e. The zero-order chi connectivity index (χ0) is 27.8. The molecular formula is C28H22Cl3N3O4S. The molecule has 200 valence electrons. The summed E-state index contributed by atoms with van der Waals surface area (Å²) in [6.45, 7) is -0.777. The Morgan fingerprint density at radius 3 is 2.18 bits per heavy atom. The number of hydrazone groups is 1. The number of hydrogen-bond acceptors (Lipinski definition) is 5. The second-order valence-corrected chi connectivity index (χ2v) is 11.4. The van der Waals surface area contributed by atoms with E-state index in [2.05, 4.69) is 10.5 Å². The van der Waals surface area contributed by atoms with Gasteiger partial charge < -0.3 is 4.74 Å². The molecule has 0 spiro atoms. The van der Waals surface area contributed by atoms with E-state index in [0.29, 0.717) is 27.6 Å². The highest BCUT2D eigenvalue weighted by molar-refractivity contribution is 7.89. The Kier molecular flexibility index (Phi) is 9.61. The second kappa shape index (κ2) is 13.1. The first-order valence-corrected chi connectivity index (χ1v) is 14.1. The van der Waals surface area contributed by atoms with E-state index in [1.165, 1.54) is 30.5 Å². The lowest BCUT2D eigenvalue weighted by Crippen LogP contribution is -2.39. The van der Waals surface area contributed by atoms with Crippen molar-refractivity contribution in [2.75, 3.05) is 6.54 Å². The van der Waals surface area contributed by atoms with E-state index in [0.717, 1.165) is 4.31 Å². The Labute approximate surface area is 241 Å². The number of nitrogens with one attached hydrogen (secondary N) is 1. The van der Waals surface area contributed by atoms with Crippen molar-refractivity contribution in [1.82, 2.24) is 9.73 Å². The number of benzene rings is 4. The molecule has 0 aromatic heterocycles. The van der Waals surface area contributed by atoms with Crippen LogP contribution < -0.4 is 10.2 Å². The Hall–Kier alpha value is -3.40. The van der Waals surface area contributed by atoms with E-state index in [-0.39, 0.29) is 21.5 Å². The minimum atomic E-state index is -4.13. The van der Waals surface area contributed by atoms with Crippen LogP contribution in [-0.4, -0.2) is 31.4 Å². The van der Waals surface area contributed by atoms with Gasteiger partial charge in [0.15, 0.2) is 0 Å². The summed E-state index contributed by atoms with van der Waals surface area (Å²) in [6, 6.07) is 26.9. The summed E-state index contributed by atoms with van der Waals surface area (Å²) in [4.78, 5) is 12.8. The Morgan fingerprint density at radius 2 is 1.49 bits per heavy atom. The maximum absolute atomic E-state index is 13.5. The van der Waals surface area contributed by atoms with E-state index in [4.69, 9.17) is 39.5 Å². The molecule has 1 N–H and O–H groups in total. The van der Waals surface area contributed by atoms with Gasteiger partial charge in [-0.25, -0.2) is 13.8 Å². The third-order valence-corrected chi connectivity index (χ3v) is 8.17. The number of carbonyl (C=O) groups excluding carboxylic acids is 1. The van der Waals surface area contributed by atoms with Crippen molar-refractivity contribution in [3.8, 4) is 11.5 Å². The standard InChI is InChI=1S/C28H22Cl3N3O4S/c29-21-12-14-24(15-13-21)39(36,37)34(18-25-26(30)10-5-11-27(25)31)19-28(35)33-32-17-20-6-4-9-23(16-20)38-22-7-2-1-3-8-22/h1-17H,18-19H2,(H,33,35)/b32-17-. The van der Waals surface area contributed by atoms with E-state index in [9.17, 15) is 13.2 Å². The first-order chi connectivity index (χ1) is 18.7. The maximum atomic E-state index is 13.5. The minimum Gasteiger partial charge on any atom is -0.457 e. The van der Waals surface area contributed by atoms with Gasteiger partial charge in [0.1, 0.15) is 11.5 Å². The van der Waals surface area contributed by atoms with Gasteiger partial charge >= 0.3 is 0 Å². The molecule has 7 nitrogen and oxygen atoms in total. The lowest BCUT2D eigenvalue weighted by atomic mass is 10.2. The lowest BCUT2D eigenvalue weighted by Gasteiger charge is -2.22.